The summed E-state index contributed by atoms with van der Waals surface area (Å²) >= 11 is 0. The summed E-state index contributed by atoms with van der Waals surface area (Å²) in [5.41, 5.74) is 1.58. The molecule has 3 saturated heterocycles. The number of carbonyl (C=O) groups excluding carboxylic acids is 4. The molecule has 200 valence electrons. The van der Waals surface area contributed by atoms with Crippen LogP contribution >= 0.6 is 0 Å². The molecule has 0 radical (unpaired) electrons. The van der Waals surface area contributed by atoms with Gasteiger partial charge in [0, 0.05) is 57.9 Å². The van der Waals surface area contributed by atoms with Gasteiger partial charge in [0.1, 0.15) is 6.04 Å². The molecule has 0 aromatic heterocycles. The fourth-order valence-corrected chi connectivity index (χ4v) is 4.69. The van der Waals surface area contributed by atoms with Gasteiger partial charge in [0.2, 0.25) is 11.8 Å². The highest BCUT2D eigenvalue weighted by atomic mass is 19.4. The smallest absolute Gasteiger partial charge is 0.475 e. The Morgan fingerprint density at radius 2 is 1.62 bits per heavy atom. The maximum absolute atomic E-state index is 13.0. The number of anilines is 1. The summed E-state index contributed by atoms with van der Waals surface area (Å²) in [7, 11) is 0. The minimum absolute atomic E-state index is 0.121. The van der Waals surface area contributed by atoms with Crippen molar-refractivity contribution in [2.75, 3.05) is 50.7 Å². The largest absolute Gasteiger partial charge is 0.490 e. The van der Waals surface area contributed by atoms with E-state index >= 15 is 0 Å². The van der Waals surface area contributed by atoms with E-state index in [9.17, 15) is 32.3 Å². The molecule has 3 fully saturated rings. The zero-order chi connectivity index (χ0) is 26.9. The minimum Gasteiger partial charge on any atom is -0.475 e. The van der Waals surface area contributed by atoms with Gasteiger partial charge in [-0.3, -0.25) is 34.3 Å². The first kappa shape index (κ1) is 26.5. The third-order valence-corrected chi connectivity index (χ3v) is 6.79. The van der Waals surface area contributed by atoms with E-state index < -0.39 is 35.9 Å². The lowest BCUT2D eigenvalue weighted by Gasteiger charge is -2.39. The standard InChI is InChI=1S/C21H25N5O4.C2HF3O2/c27-18-4-3-17(19(28)23-18)26-20(29)15-2-1-14(9-16(15)21(26)30)25-7-5-24(6-8-25)12-13-10-22-11-13;3-2(4,5)1(6)7/h1-2,9,13,17,22H,3-8,10-12H2,(H,23,27,28);(H,6,7). The van der Waals surface area contributed by atoms with Crippen molar-refractivity contribution >= 4 is 35.3 Å². The molecule has 0 bridgehead atoms. The number of nitrogens with zero attached hydrogens (tertiary/aromatic N) is 3. The van der Waals surface area contributed by atoms with Crippen molar-refractivity contribution in [2.24, 2.45) is 5.92 Å². The number of carbonyl (C=O) groups is 5. The summed E-state index contributed by atoms with van der Waals surface area (Å²) in [5, 5.41) is 12.7. The van der Waals surface area contributed by atoms with Crippen molar-refractivity contribution in [3.05, 3.63) is 29.3 Å². The van der Waals surface area contributed by atoms with E-state index in [0.717, 1.165) is 62.3 Å². The number of hydrogen-bond acceptors (Lipinski definition) is 8. The lowest BCUT2D eigenvalue weighted by atomic mass is 10.0. The van der Waals surface area contributed by atoms with E-state index in [4.69, 9.17) is 9.90 Å². The van der Waals surface area contributed by atoms with Gasteiger partial charge in [0.25, 0.3) is 11.8 Å². The number of hydrogen-bond donors (Lipinski definition) is 3. The van der Waals surface area contributed by atoms with Crippen molar-refractivity contribution < 1.29 is 42.3 Å². The number of nitrogens with one attached hydrogen (secondary N) is 2. The molecule has 4 aliphatic heterocycles. The van der Waals surface area contributed by atoms with E-state index in [2.05, 4.69) is 20.4 Å². The Morgan fingerprint density at radius 3 is 2.16 bits per heavy atom. The number of fused-ring (bicyclic) bond motifs is 1. The van der Waals surface area contributed by atoms with E-state index in [-0.39, 0.29) is 18.7 Å². The van der Waals surface area contributed by atoms with Gasteiger partial charge in [0.05, 0.1) is 11.1 Å². The molecular formula is C23H26F3N5O6. The third kappa shape index (κ3) is 5.74. The number of carboxylic acid groups (broad SMARTS) is 1. The fraction of sp³-hybridized carbons (Fsp3) is 0.522. The van der Waals surface area contributed by atoms with Gasteiger partial charge >= 0.3 is 12.1 Å². The molecule has 0 aliphatic carbocycles. The average molecular weight is 525 g/mol. The van der Waals surface area contributed by atoms with Crippen LogP contribution in [0.3, 0.4) is 0 Å². The lowest BCUT2D eigenvalue weighted by molar-refractivity contribution is -0.192. The number of halogens is 3. The molecule has 4 heterocycles. The molecule has 1 unspecified atom stereocenters. The predicted molar refractivity (Wildman–Crippen MR) is 122 cm³/mol. The maximum Gasteiger partial charge on any atom is 0.490 e. The summed E-state index contributed by atoms with van der Waals surface area (Å²) in [5.74, 6) is -3.88. The third-order valence-electron chi connectivity index (χ3n) is 6.79. The molecule has 1 aromatic rings. The zero-order valence-electron chi connectivity index (χ0n) is 19.7. The molecular weight excluding hydrogens is 499 g/mol. The summed E-state index contributed by atoms with van der Waals surface area (Å²) < 4.78 is 31.7. The van der Waals surface area contributed by atoms with Crippen molar-refractivity contribution in [3.8, 4) is 0 Å². The van der Waals surface area contributed by atoms with Crippen LogP contribution in [-0.4, -0.2) is 103 Å². The lowest BCUT2D eigenvalue weighted by Crippen LogP contribution is -2.54. The first-order chi connectivity index (χ1) is 17.5. The van der Waals surface area contributed by atoms with Gasteiger partial charge in [-0.1, -0.05) is 0 Å². The van der Waals surface area contributed by atoms with Crippen molar-refractivity contribution in [1.82, 2.24) is 20.4 Å². The number of carboxylic acids is 1. The number of alkyl halides is 3. The Hall–Kier alpha value is -3.52. The average Bonchev–Trinajstić information content (AvgIpc) is 3.06. The van der Waals surface area contributed by atoms with Gasteiger partial charge < -0.3 is 15.3 Å². The summed E-state index contributed by atoms with van der Waals surface area (Å²) in [6, 6.07) is 4.41. The van der Waals surface area contributed by atoms with Gasteiger partial charge in [-0.2, -0.15) is 13.2 Å². The summed E-state index contributed by atoms with van der Waals surface area (Å²) in [4.78, 5) is 64.0. The Balaban J connectivity index is 0.000000405. The maximum atomic E-state index is 13.0. The van der Waals surface area contributed by atoms with Crippen LogP contribution in [-0.2, 0) is 14.4 Å². The van der Waals surface area contributed by atoms with Crippen LogP contribution in [0.15, 0.2) is 18.2 Å². The van der Waals surface area contributed by atoms with E-state index in [1.807, 2.05) is 6.07 Å². The normalized spacial score (nSPS) is 22.7. The molecule has 14 heteroatoms. The second kappa shape index (κ2) is 10.5. The van der Waals surface area contributed by atoms with Crippen LogP contribution in [0, 0.1) is 5.92 Å². The topological polar surface area (TPSA) is 139 Å². The first-order valence-corrected chi connectivity index (χ1v) is 11.8. The number of aliphatic carboxylic acids is 1. The highest BCUT2D eigenvalue weighted by molar-refractivity contribution is 6.23. The number of rotatable bonds is 4. The van der Waals surface area contributed by atoms with Crippen LogP contribution in [0.2, 0.25) is 0 Å². The molecule has 0 spiro atoms. The van der Waals surface area contributed by atoms with Gasteiger partial charge in [-0.25, -0.2) is 4.79 Å². The van der Waals surface area contributed by atoms with E-state index in [1.54, 1.807) is 12.1 Å². The molecule has 37 heavy (non-hydrogen) atoms. The van der Waals surface area contributed by atoms with Crippen LogP contribution in [0.1, 0.15) is 33.6 Å². The summed E-state index contributed by atoms with van der Waals surface area (Å²) in [6.45, 7) is 7.02. The first-order valence-electron chi connectivity index (χ1n) is 11.8. The predicted octanol–water partition coefficient (Wildman–Crippen LogP) is 0.0625. The monoisotopic (exact) mass is 525 g/mol. The van der Waals surface area contributed by atoms with Crippen LogP contribution in [0.25, 0.3) is 0 Å². The zero-order valence-corrected chi connectivity index (χ0v) is 19.7. The highest BCUT2D eigenvalue weighted by Crippen LogP contribution is 2.31. The number of imide groups is 2. The fourth-order valence-electron chi connectivity index (χ4n) is 4.69. The molecule has 5 rings (SSSR count). The molecule has 4 aliphatic rings. The Bertz CT molecular complexity index is 1110. The van der Waals surface area contributed by atoms with Gasteiger partial charge in [-0.15, -0.1) is 0 Å². The number of piperidine rings is 1. The van der Waals surface area contributed by atoms with Crippen molar-refractivity contribution in [2.45, 2.75) is 25.1 Å². The number of piperazine rings is 1. The van der Waals surface area contributed by atoms with Gasteiger partial charge in [0.15, 0.2) is 0 Å². The summed E-state index contributed by atoms with van der Waals surface area (Å²) in [6.07, 6.45) is -4.79. The number of amides is 4. The Labute approximate surface area is 209 Å². The van der Waals surface area contributed by atoms with E-state index in [1.165, 1.54) is 0 Å². The van der Waals surface area contributed by atoms with Crippen molar-refractivity contribution in [3.63, 3.8) is 0 Å². The second-order valence-corrected chi connectivity index (χ2v) is 9.29. The molecule has 1 atom stereocenters. The molecule has 3 N–H and O–H groups in total. The molecule has 0 saturated carbocycles. The van der Waals surface area contributed by atoms with Crippen molar-refractivity contribution in [1.29, 1.82) is 0 Å². The molecule has 4 amide bonds. The Morgan fingerprint density at radius 1 is 1.00 bits per heavy atom. The van der Waals surface area contributed by atoms with E-state index in [0.29, 0.717) is 11.1 Å². The SMILES string of the molecule is O=C(O)C(F)(F)F.O=C1CCC(N2C(=O)c3ccc(N4CCN(CC5CNC5)CC4)cc3C2=O)C(=O)N1. The molecule has 11 nitrogen and oxygen atoms in total. The van der Waals surface area contributed by atoms with Gasteiger partial charge in [-0.05, 0) is 30.5 Å². The Kier molecular flexibility index (Phi) is 7.50. The highest BCUT2D eigenvalue weighted by Gasteiger charge is 2.44. The molecule has 1 aromatic carbocycles. The van der Waals surface area contributed by atoms with Crippen LogP contribution < -0.4 is 15.5 Å². The van der Waals surface area contributed by atoms with Crippen LogP contribution in [0.4, 0.5) is 18.9 Å². The second-order valence-electron chi connectivity index (χ2n) is 9.29. The quantitative estimate of drug-likeness (QED) is 0.466. The number of benzene rings is 1. The van der Waals surface area contributed by atoms with Crippen LogP contribution in [0.5, 0.6) is 0 Å². The minimum atomic E-state index is -5.08.